The highest BCUT2D eigenvalue weighted by atomic mass is 127. The Labute approximate surface area is 111 Å². The van der Waals surface area contributed by atoms with Crippen LogP contribution in [0.2, 0.25) is 10.0 Å². The molecule has 0 unspecified atom stereocenters. The Morgan fingerprint density at radius 1 is 1.33 bits per heavy atom. The van der Waals surface area contributed by atoms with E-state index in [2.05, 4.69) is 27.7 Å². The van der Waals surface area contributed by atoms with Gasteiger partial charge in [0.05, 0.1) is 16.3 Å². The Balaban J connectivity index is 2.24. The summed E-state index contributed by atoms with van der Waals surface area (Å²) >= 11 is 14.1. The summed E-state index contributed by atoms with van der Waals surface area (Å²) in [6.07, 6.45) is 3.77. The molecule has 0 aliphatic carbocycles. The summed E-state index contributed by atoms with van der Waals surface area (Å²) in [5.41, 5.74) is 1.01. The molecule has 0 N–H and O–H groups in total. The maximum Gasteiger partial charge on any atom is 0.0674 e. The van der Waals surface area contributed by atoms with Gasteiger partial charge in [0, 0.05) is 16.2 Å². The van der Waals surface area contributed by atoms with Crippen LogP contribution in [0.25, 0.3) is 0 Å². The molecule has 2 nitrogen and oxygen atoms in total. The van der Waals surface area contributed by atoms with Crippen LogP contribution in [0.1, 0.15) is 5.56 Å². The summed E-state index contributed by atoms with van der Waals surface area (Å²) < 4.78 is 2.95. The fourth-order valence-corrected chi connectivity index (χ4v) is 2.16. The van der Waals surface area contributed by atoms with E-state index in [4.69, 9.17) is 23.2 Å². The van der Waals surface area contributed by atoms with E-state index in [9.17, 15) is 0 Å². The summed E-state index contributed by atoms with van der Waals surface area (Å²) in [4.78, 5) is 0. The zero-order chi connectivity index (χ0) is 10.8. The third kappa shape index (κ3) is 2.86. The van der Waals surface area contributed by atoms with Crippen LogP contribution in [0, 0.1) is 3.57 Å². The monoisotopic (exact) mass is 352 g/mol. The number of halogens is 3. The molecule has 0 atom stereocenters. The van der Waals surface area contributed by atoms with Gasteiger partial charge in [0.15, 0.2) is 0 Å². The molecule has 5 heteroatoms. The predicted octanol–water partition coefficient (Wildman–Crippen LogP) is 3.84. The smallest absolute Gasteiger partial charge is 0.0674 e. The molecule has 0 aliphatic heterocycles. The maximum absolute atomic E-state index is 6.06. The van der Waals surface area contributed by atoms with E-state index in [0.29, 0.717) is 16.6 Å². The Morgan fingerprint density at radius 2 is 2.13 bits per heavy atom. The van der Waals surface area contributed by atoms with Crippen LogP contribution in [0.4, 0.5) is 0 Å². The van der Waals surface area contributed by atoms with Crippen molar-refractivity contribution in [2.45, 2.75) is 6.54 Å². The first-order valence-electron chi connectivity index (χ1n) is 4.27. The van der Waals surface area contributed by atoms with Crippen molar-refractivity contribution in [3.05, 3.63) is 49.8 Å². The largest absolute Gasteiger partial charge is 0.267 e. The van der Waals surface area contributed by atoms with Crippen molar-refractivity contribution in [3.8, 4) is 0 Å². The van der Waals surface area contributed by atoms with Gasteiger partial charge in [0.1, 0.15) is 0 Å². The van der Waals surface area contributed by atoms with Crippen molar-refractivity contribution in [3.63, 3.8) is 0 Å². The number of rotatable bonds is 2. The first-order valence-corrected chi connectivity index (χ1v) is 6.10. The van der Waals surface area contributed by atoms with Gasteiger partial charge in [-0.3, -0.25) is 4.68 Å². The highest BCUT2D eigenvalue weighted by Gasteiger charge is 2.03. The Morgan fingerprint density at radius 3 is 2.73 bits per heavy atom. The molecule has 0 amide bonds. The average Bonchev–Trinajstić information content (AvgIpc) is 2.56. The predicted molar refractivity (Wildman–Crippen MR) is 70.5 cm³/mol. The standard InChI is InChI=1S/C10H7Cl2IN2/c11-8-2-1-7(10(12)3-8)5-15-6-9(13)4-14-15/h1-4,6H,5H2. The molecule has 2 aromatic rings. The summed E-state index contributed by atoms with van der Waals surface area (Å²) in [7, 11) is 0. The van der Waals surface area contributed by atoms with E-state index in [0.717, 1.165) is 9.13 Å². The van der Waals surface area contributed by atoms with E-state index in [1.807, 2.05) is 29.2 Å². The molecule has 1 aromatic carbocycles. The lowest BCUT2D eigenvalue weighted by molar-refractivity contribution is 0.687. The molecule has 0 fully saturated rings. The lowest BCUT2D eigenvalue weighted by Gasteiger charge is -2.04. The number of nitrogens with zero attached hydrogens (tertiary/aromatic N) is 2. The Bertz CT molecular complexity index is 482. The molecule has 0 saturated carbocycles. The molecule has 1 heterocycles. The van der Waals surface area contributed by atoms with Crippen LogP contribution in [-0.4, -0.2) is 9.78 Å². The molecule has 0 saturated heterocycles. The summed E-state index contributed by atoms with van der Waals surface area (Å²) in [5.74, 6) is 0. The normalized spacial score (nSPS) is 10.6. The van der Waals surface area contributed by atoms with Crippen molar-refractivity contribution in [1.82, 2.24) is 9.78 Å². The van der Waals surface area contributed by atoms with Crippen molar-refractivity contribution in [1.29, 1.82) is 0 Å². The SMILES string of the molecule is Clc1ccc(Cn2cc(I)cn2)c(Cl)c1. The molecular weight excluding hydrogens is 346 g/mol. The van der Waals surface area contributed by atoms with E-state index in [1.54, 1.807) is 6.07 Å². The molecule has 1 aromatic heterocycles. The second kappa shape index (κ2) is 4.72. The van der Waals surface area contributed by atoms with Crippen LogP contribution in [0.15, 0.2) is 30.6 Å². The molecular formula is C10H7Cl2IN2. The molecule has 0 aliphatic rings. The minimum atomic E-state index is 0.652. The van der Waals surface area contributed by atoms with Gasteiger partial charge >= 0.3 is 0 Å². The van der Waals surface area contributed by atoms with E-state index in [1.165, 1.54) is 0 Å². The number of benzene rings is 1. The van der Waals surface area contributed by atoms with Crippen LogP contribution in [-0.2, 0) is 6.54 Å². The highest BCUT2D eigenvalue weighted by Crippen LogP contribution is 2.21. The van der Waals surface area contributed by atoms with Crippen molar-refractivity contribution < 1.29 is 0 Å². The van der Waals surface area contributed by atoms with Gasteiger partial charge in [0.2, 0.25) is 0 Å². The maximum atomic E-state index is 6.06. The Hall–Kier alpha value is -0.260. The second-order valence-corrected chi connectivity index (χ2v) is 5.18. The quantitative estimate of drug-likeness (QED) is 0.751. The van der Waals surface area contributed by atoms with Crippen LogP contribution < -0.4 is 0 Å². The molecule has 15 heavy (non-hydrogen) atoms. The first-order chi connectivity index (χ1) is 7.15. The third-order valence-electron chi connectivity index (χ3n) is 1.95. The zero-order valence-electron chi connectivity index (χ0n) is 7.62. The van der Waals surface area contributed by atoms with Crippen LogP contribution >= 0.6 is 45.8 Å². The van der Waals surface area contributed by atoms with E-state index >= 15 is 0 Å². The minimum absolute atomic E-state index is 0.652. The lowest BCUT2D eigenvalue weighted by atomic mass is 10.2. The summed E-state index contributed by atoms with van der Waals surface area (Å²) in [6, 6.07) is 5.49. The van der Waals surface area contributed by atoms with Crippen molar-refractivity contribution in [2.75, 3.05) is 0 Å². The third-order valence-corrected chi connectivity index (χ3v) is 3.09. The van der Waals surface area contributed by atoms with Crippen molar-refractivity contribution in [2.24, 2.45) is 0 Å². The van der Waals surface area contributed by atoms with Gasteiger partial charge in [-0.05, 0) is 40.3 Å². The molecule has 0 bridgehead atoms. The Kier molecular flexibility index (Phi) is 3.53. The average molecular weight is 353 g/mol. The number of hydrogen-bond donors (Lipinski definition) is 0. The molecule has 0 spiro atoms. The summed E-state index contributed by atoms with van der Waals surface area (Å²) in [5, 5.41) is 5.52. The summed E-state index contributed by atoms with van der Waals surface area (Å²) in [6.45, 7) is 0.666. The molecule has 0 radical (unpaired) electrons. The highest BCUT2D eigenvalue weighted by molar-refractivity contribution is 14.1. The minimum Gasteiger partial charge on any atom is -0.267 e. The van der Waals surface area contributed by atoms with Gasteiger partial charge < -0.3 is 0 Å². The zero-order valence-corrected chi connectivity index (χ0v) is 11.3. The van der Waals surface area contributed by atoms with Gasteiger partial charge in [0.25, 0.3) is 0 Å². The fourth-order valence-electron chi connectivity index (χ4n) is 1.25. The lowest BCUT2D eigenvalue weighted by Crippen LogP contribution is -2.00. The first kappa shape index (κ1) is 11.2. The topological polar surface area (TPSA) is 17.8 Å². The van der Waals surface area contributed by atoms with Crippen molar-refractivity contribution >= 4 is 45.8 Å². The molecule has 78 valence electrons. The van der Waals surface area contributed by atoms with Gasteiger partial charge in [-0.1, -0.05) is 29.3 Å². The second-order valence-electron chi connectivity index (χ2n) is 3.09. The van der Waals surface area contributed by atoms with Gasteiger partial charge in [-0.15, -0.1) is 0 Å². The fraction of sp³-hybridized carbons (Fsp3) is 0.100. The van der Waals surface area contributed by atoms with E-state index < -0.39 is 0 Å². The van der Waals surface area contributed by atoms with Gasteiger partial charge in [-0.2, -0.15) is 5.10 Å². The van der Waals surface area contributed by atoms with E-state index in [-0.39, 0.29) is 0 Å². The number of aromatic nitrogens is 2. The molecule has 2 rings (SSSR count). The van der Waals surface area contributed by atoms with Gasteiger partial charge in [-0.25, -0.2) is 0 Å². The van der Waals surface area contributed by atoms with Crippen LogP contribution in [0.3, 0.4) is 0 Å². The van der Waals surface area contributed by atoms with Crippen LogP contribution in [0.5, 0.6) is 0 Å². The number of hydrogen-bond acceptors (Lipinski definition) is 1.